The number of benzene rings is 1. The van der Waals surface area contributed by atoms with Gasteiger partial charge in [0.25, 0.3) is 15.9 Å². The molecule has 1 amide bonds. The van der Waals surface area contributed by atoms with E-state index in [1.807, 2.05) is 13.8 Å². The van der Waals surface area contributed by atoms with E-state index in [9.17, 15) is 18.0 Å². The molecule has 0 radical (unpaired) electrons. The Morgan fingerprint density at radius 3 is 2.23 bits per heavy atom. The number of hydrogen-bond acceptors (Lipinski definition) is 7. The van der Waals surface area contributed by atoms with Crippen LogP contribution in [-0.4, -0.2) is 70.6 Å². The maximum Gasteiger partial charge on any atom is 0.338 e. The Labute approximate surface area is 153 Å². The SMILES string of the molecule is CCN(CC)C(=O)COC(=O)c1ccc(OC)c(S(=O)(=O)N(C)OC)c1. The van der Waals surface area contributed by atoms with Crippen LogP contribution in [0.2, 0.25) is 0 Å². The van der Waals surface area contributed by atoms with Crippen LogP contribution in [-0.2, 0) is 24.4 Å². The number of carbonyl (C=O) groups excluding carboxylic acids is 2. The van der Waals surface area contributed by atoms with Crippen molar-refractivity contribution in [1.29, 1.82) is 0 Å². The Hall–Kier alpha value is -2.17. The molecule has 0 fully saturated rings. The van der Waals surface area contributed by atoms with Crippen LogP contribution < -0.4 is 4.74 Å². The first-order valence-corrected chi connectivity index (χ1v) is 9.32. The zero-order valence-corrected chi connectivity index (χ0v) is 16.3. The second-order valence-corrected chi connectivity index (χ2v) is 7.01. The van der Waals surface area contributed by atoms with Crippen LogP contribution in [0.25, 0.3) is 0 Å². The third kappa shape index (κ3) is 4.93. The van der Waals surface area contributed by atoms with Gasteiger partial charge in [0, 0.05) is 20.1 Å². The van der Waals surface area contributed by atoms with Gasteiger partial charge < -0.3 is 14.4 Å². The van der Waals surface area contributed by atoms with E-state index in [1.54, 1.807) is 0 Å². The molecule has 0 aliphatic heterocycles. The maximum atomic E-state index is 12.5. The molecule has 0 heterocycles. The summed E-state index contributed by atoms with van der Waals surface area (Å²) in [6.45, 7) is 4.21. The number of hydrogen-bond donors (Lipinski definition) is 0. The fourth-order valence-corrected chi connectivity index (χ4v) is 3.27. The number of ether oxygens (including phenoxy) is 2. The van der Waals surface area contributed by atoms with Crippen LogP contribution in [0.3, 0.4) is 0 Å². The summed E-state index contributed by atoms with van der Waals surface area (Å²) >= 11 is 0. The van der Waals surface area contributed by atoms with Gasteiger partial charge in [0.2, 0.25) is 0 Å². The number of sulfonamides is 1. The first kappa shape index (κ1) is 21.9. The van der Waals surface area contributed by atoms with Gasteiger partial charge in [0.05, 0.1) is 19.8 Å². The molecule has 1 aromatic carbocycles. The van der Waals surface area contributed by atoms with Crippen molar-refractivity contribution >= 4 is 21.9 Å². The van der Waals surface area contributed by atoms with Crippen LogP contribution >= 0.6 is 0 Å². The minimum Gasteiger partial charge on any atom is -0.495 e. The summed E-state index contributed by atoms with van der Waals surface area (Å²) in [7, 11) is -0.324. The van der Waals surface area contributed by atoms with E-state index < -0.39 is 22.6 Å². The lowest BCUT2D eigenvalue weighted by Gasteiger charge is -2.18. The highest BCUT2D eigenvalue weighted by Gasteiger charge is 2.27. The third-order valence-corrected chi connectivity index (χ3v) is 5.42. The monoisotopic (exact) mass is 388 g/mol. The van der Waals surface area contributed by atoms with Gasteiger partial charge in [-0.2, -0.15) is 0 Å². The summed E-state index contributed by atoms with van der Waals surface area (Å²) in [6.07, 6.45) is 0. The second kappa shape index (κ2) is 9.51. The van der Waals surface area contributed by atoms with Crippen molar-refractivity contribution in [3.8, 4) is 5.75 Å². The molecule has 1 rings (SSSR count). The van der Waals surface area contributed by atoms with E-state index in [1.165, 1.54) is 38.3 Å². The summed E-state index contributed by atoms with van der Waals surface area (Å²) < 4.78 is 35.6. The van der Waals surface area contributed by atoms with Gasteiger partial charge in [-0.05, 0) is 32.0 Å². The quantitative estimate of drug-likeness (QED) is 0.457. The summed E-state index contributed by atoms with van der Waals surface area (Å²) in [6, 6.07) is 3.81. The molecule has 0 aromatic heterocycles. The van der Waals surface area contributed by atoms with Crippen LogP contribution in [0.15, 0.2) is 23.1 Å². The Morgan fingerprint density at radius 2 is 1.73 bits per heavy atom. The van der Waals surface area contributed by atoms with Gasteiger partial charge in [-0.15, -0.1) is 0 Å². The fraction of sp³-hybridized carbons (Fsp3) is 0.500. The highest BCUT2D eigenvalue weighted by molar-refractivity contribution is 7.89. The smallest absolute Gasteiger partial charge is 0.338 e. The van der Waals surface area contributed by atoms with Gasteiger partial charge >= 0.3 is 5.97 Å². The molecule has 1 aromatic rings. The molecule has 0 aliphatic rings. The standard InChI is InChI=1S/C16H24N2O7S/c1-6-18(7-2)15(19)11-25-16(20)12-8-9-13(23-4)14(10-12)26(21,22)17(3)24-5/h8-10H,6-7,11H2,1-5H3. The molecule has 0 saturated heterocycles. The van der Waals surface area contributed by atoms with Gasteiger partial charge in [0.1, 0.15) is 10.6 Å². The van der Waals surface area contributed by atoms with E-state index in [2.05, 4.69) is 0 Å². The lowest BCUT2D eigenvalue weighted by molar-refractivity contribution is -0.134. The first-order chi connectivity index (χ1) is 12.2. The lowest BCUT2D eigenvalue weighted by Crippen LogP contribution is -2.34. The molecular formula is C16H24N2O7S. The first-order valence-electron chi connectivity index (χ1n) is 7.88. The van der Waals surface area contributed by atoms with Crippen molar-refractivity contribution in [3.63, 3.8) is 0 Å². The van der Waals surface area contributed by atoms with E-state index in [0.717, 1.165) is 6.07 Å². The number of amides is 1. The van der Waals surface area contributed by atoms with Crippen molar-refractivity contribution in [2.75, 3.05) is 41.0 Å². The molecule has 0 spiro atoms. The normalized spacial score (nSPS) is 11.3. The van der Waals surface area contributed by atoms with Gasteiger partial charge in [-0.3, -0.25) is 9.63 Å². The van der Waals surface area contributed by atoms with Crippen molar-refractivity contribution in [2.24, 2.45) is 0 Å². The van der Waals surface area contributed by atoms with Crippen molar-refractivity contribution in [1.82, 2.24) is 9.37 Å². The summed E-state index contributed by atoms with van der Waals surface area (Å²) in [5, 5.41) is 0. The summed E-state index contributed by atoms with van der Waals surface area (Å²) in [5.74, 6) is -1.10. The van der Waals surface area contributed by atoms with Gasteiger partial charge in [0.15, 0.2) is 6.61 Å². The predicted octanol–water partition coefficient (Wildman–Crippen LogP) is 0.902. The molecule has 0 aliphatic carbocycles. The molecule has 26 heavy (non-hydrogen) atoms. The Bertz CT molecular complexity index is 745. The summed E-state index contributed by atoms with van der Waals surface area (Å²) in [4.78, 5) is 30.1. The molecule has 0 atom stereocenters. The number of nitrogens with zero attached hydrogens (tertiary/aromatic N) is 2. The zero-order valence-electron chi connectivity index (χ0n) is 15.5. The van der Waals surface area contributed by atoms with Crippen LogP contribution in [0, 0.1) is 0 Å². The van der Waals surface area contributed by atoms with Crippen LogP contribution in [0.4, 0.5) is 0 Å². The van der Waals surface area contributed by atoms with E-state index >= 15 is 0 Å². The number of carbonyl (C=O) groups is 2. The van der Waals surface area contributed by atoms with Crippen molar-refractivity contribution in [3.05, 3.63) is 23.8 Å². The molecule has 0 saturated carbocycles. The van der Waals surface area contributed by atoms with E-state index in [4.69, 9.17) is 14.3 Å². The fourth-order valence-electron chi connectivity index (χ4n) is 2.12. The molecular weight excluding hydrogens is 364 g/mol. The molecule has 0 unspecified atom stereocenters. The number of hydroxylamine groups is 1. The molecule has 0 bridgehead atoms. The van der Waals surface area contributed by atoms with Gasteiger partial charge in [-0.1, -0.05) is 4.47 Å². The van der Waals surface area contributed by atoms with Crippen molar-refractivity contribution in [2.45, 2.75) is 18.7 Å². The number of methoxy groups -OCH3 is 1. The average Bonchev–Trinajstić information content (AvgIpc) is 2.65. The zero-order chi connectivity index (χ0) is 19.9. The number of esters is 1. The lowest BCUT2D eigenvalue weighted by atomic mass is 10.2. The Kier molecular flexibility index (Phi) is 8.00. The highest BCUT2D eigenvalue weighted by Crippen LogP contribution is 2.27. The second-order valence-electron chi connectivity index (χ2n) is 5.11. The largest absolute Gasteiger partial charge is 0.495 e. The van der Waals surface area contributed by atoms with Crippen LogP contribution in [0.1, 0.15) is 24.2 Å². The topological polar surface area (TPSA) is 102 Å². The van der Waals surface area contributed by atoms with Crippen molar-refractivity contribution < 1.29 is 32.3 Å². The Balaban J connectivity index is 3.06. The molecule has 10 heteroatoms. The number of rotatable bonds is 9. The maximum absolute atomic E-state index is 12.5. The molecule has 9 nitrogen and oxygen atoms in total. The Morgan fingerprint density at radius 1 is 1.12 bits per heavy atom. The average molecular weight is 388 g/mol. The van der Waals surface area contributed by atoms with E-state index in [0.29, 0.717) is 17.6 Å². The predicted molar refractivity (Wildman–Crippen MR) is 93.2 cm³/mol. The van der Waals surface area contributed by atoms with Gasteiger partial charge in [-0.25, -0.2) is 13.2 Å². The summed E-state index contributed by atoms with van der Waals surface area (Å²) in [5.41, 5.74) is -0.0266. The highest BCUT2D eigenvalue weighted by atomic mass is 32.2. The number of likely N-dealkylation sites (N-methyl/N-ethyl adjacent to an activating group) is 1. The molecule has 0 N–H and O–H groups in total. The van der Waals surface area contributed by atoms with Crippen LogP contribution in [0.5, 0.6) is 5.75 Å². The minimum absolute atomic E-state index is 0.0266. The van der Waals surface area contributed by atoms with E-state index in [-0.39, 0.29) is 22.1 Å². The third-order valence-electron chi connectivity index (χ3n) is 3.72. The molecule has 146 valence electrons. The minimum atomic E-state index is -4.04.